The molecular formula is C30H34N4O7. The molecule has 0 saturated heterocycles. The van der Waals surface area contributed by atoms with Gasteiger partial charge in [0.2, 0.25) is 5.89 Å². The number of carboxylic acid groups (broad SMARTS) is 1. The Morgan fingerprint density at radius 2 is 1.88 bits per heavy atom. The van der Waals surface area contributed by atoms with Crippen LogP contribution in [0.15, 0.2) is 64.2 Å². The number of allylic oxidation sites excluding steroid dienone is 1. The van der Waals surface area contributed by atoms with Crippen LogP contribution in [0.2, 0.25) is 0 Å². The largest absolute Gasteiger partial charge is 0.493 e. The first-order valence-corrected chi connectivity index (χ1v) is 13.3. The van der Waals surface area contributed by atoms with Gasteiger partial charge in [-0.3, -0.25) is 9.79 Å². The Morgan fingerprint density at radius 1 is 1.12 bits per heavy atom. The van der Waals surface area contributed by atoms with Gasteiger partial charge in [0.25, 0.3) is 0 Å². The van der Waals surface area contributed by atoms with Crippen molar-refractivity contribution >= 4 is 18.2 Å². The summed E-state index contributed by atoms with van der Waals surface area (Å²) < 4.78 is 17.1. The maximum absolute atomic E-state index is 12.5. The van der Waals surface area contributed by atoms with E-state index in [2.05, 4.69) is 9.98 Å². The van der Waals surface area contributed by atoms with E-state index in [1.165, 1.54) is 0 Å². The number of oxazole rings is 1. The van der Waals surface area contributed by atoms with Gasteiger partial charge in [0.05, 0.1) is 18.4 Å². The first-order valence-electron chi connectivity index (χ1n) is 13.3. The molecule has 2 aromatic carbocycles. The molecule has 0 amide bonds. The molecule has 0 radical (unpaired) electrons. The minimum Gasteiger partial charge on any atom is -0.493 e. The molecule has 0 spiro atoms. The monoisotopic (exact) mass is 562 g/mol. The van der Waals surface area contributed by atoms with Crippen LogP contribution in [0.1, 0.15) is 48.9 Å². The summed E-state index contributed by atoms with van der Waals surface area (Å²) >= 11 is 0. The molecule has 0 aliphatic carbocycles. The van der Waals surface area contributed by atoms with Gasteiger partial charge in [-0.05, 0) is 80.8 Å². The predicted molar refractivity (Wildman–Crippen MR) is 151 cm³/mol. The fourth-order valence-electron chi connectivity index (χ4n) is 4.13. The summed E-state index contributed by atoms with van der Waals surface area (Å²) in [7, 11) is 0. The molecule has 2 heterocycles. The molecule has 1 aliphatic heterocycles. The zero-order valence-electron chi connectivity index (χ0n) is 23.3. The normalized spacial score (nSPS) is 13.3. The van der Waals surface area contributed by atoms with E-state index < -0.39 is 18.0 Å². The van der Waals surface area contributed by atoms with Crippen molar-refractivity contribution in [1.82, 2.24) is 10.0 Å². The number of aryl methyl sites for hydroxylation is 2. The van der Waals surface area contributed by atoms with Gasteiger partial charge in [0.15, 0.2) is 5.75 Å². The molecular weight excluding hydrogens is 528 g/mol. The van der Waals surface area contributed by atoms with Crippen LogP contribution in [0.25, 0.3) is 11.5 Å². The van der Waals surface area contributed by atoms with Gasteiger partial charge in [-0.1, -0.05) is 6.07 Å². The van der Waals surface area contributed by atoms with Gasteiger partial charge >= 0.3 is 11.9 Å². The summed E-state index contributed by atoms with van der Waals surface area (Å²) in [6.07, 6.45) is 5.61. The van der Waals surface area contributed by atoms with E-state index in [1.54, 1.807) is 55.6 Å². The molecule has 3 aromatic rings. The lowest BCUT2D eigenvalue weighted by atomic mass is 9.97. The number of rotatable bonds is 13. The van der Waals surface area contributed by atoms with Crippen molar-refractivity contribution in [2.75, 3.05) is 13.3 Å². The molecule has 4 rings (SSSR count). The van der Waals surface area contributed by atoms with Gasteiger partial charge in [0.1, 0.15) is 24.2 Å². The number of hydroxylamine groups is 2. The van der Waals surface area contributed by atoms with E-state index in [-0.39, 0.29) is 18.9 Å². The molecule has 41 heavy (non-hydrogen) atoms. The summed E-state index contributed by atoms with van der Waals surface area (Å²) in [4.78, 5) is 38.1. The molecule has 1 aromatic heterocycles. The highest BCUT2D eigenvalue weighted by molar-refractivity contribution is 5.78. The number of nitrogens with zero attached hydrogens (tertiary/aromatic N) is 3. The lowest BCUT2D eigenvalue weighted by Gasteiger charge is -2.19. The van der Waals surface area contributed by atoms with E-state index >= 15 is 0 Å². The first-order chi connectivity index (χ1) is 19.7. The van der Waals surface area contributed by atoms with E-state index in [0.717, 1.165) is 11.3 Å². The highest BCUT2D eigenvalue weighted by Gasteiger charge is 2.23. The average Bonchev–Trinajstić information content (AvgIpc) is 3.32. The van der Waals surface area contributed by atoms with Crippen molar-refractivity contribution in [1.29, 1.82) is 0 Å². The number of hydrogen-bond acceptors (Lipinski definition) is 10. The molecule has 11 heteroatoms. The number of hydrogen-bond donors (Lipinski definition) is 2. The van der Waals surface area contributed by atoms with Crippen molar-refractivity contribution < 1.29 is 33.4 Å². The lowest BCUT2D eigenvalue weighted by Crippen LogP contribution is -2.27. The zero-order valence-corrected chi connectivity index (χ0v) is 23.3. The Bertz CT molecular complexity index is 1410. The number of carbonyl (C=O) groups is 2. The van der Waals surface area contributed by atoms with E-state index in [1.807, 2.05) is 31.2 Å². The molecule has 1 unspecified atom stereocenters. The van der Waals surface area contributed by atoms with Crippen LogP contribution >= 0.6 is 0 Å². The molecule has 0 fully saturated rings. The summed E-state index contributed by atoms with van der Waals surface area (Å²) in [6, 6.07) is 11.5. The molecule has 1 atom stereocenters. The maximum Gasteiger partial charge on any atom is 0.327 e. The summed E-state index contributed by atoms with van der Waals surface area (Å²) in [5, 5.41) is 10.7. The summed E-state index contributed by atoms with van der Waals surface area (Å²) in [5.41, 5.74) is 8.90. The Balaban J connectivity index is 1.39. The molecule has 1 aliphatic rings. The fourth-order valence-corrected chi connectivity index (χ4v) is 4.13. The number of aromatic nitrogens is 1. The van der Waals surface area contributed by atoms with Crippen LogP contribution in [0.3, 0.4) is 0 Å². The first kappa shape index (κ1) is 29.3. The van der Waals surface area contributed by atoms with Gasteiger partial charge < -0.3 is 29.6 Å². The van der Waals surface area contributed by atoms with Crippen LogP contribution in [-0.2, 0) is 27.2 Å². The highest BCUT2D eigenvalue weighted by atomic mass is 16.7. The Hall–Kier alpha value is -4.64. The number of ether oxygens (including phenoxy) is 2. The quantitative estimate of drug-likeness (QED) is 0.287. The number of aliphatic carboxylic acids is 1. The standard InChI is InChI=1S/C30H34N4O7/c1-19(2)39-30(37)28(31)25-17-24(11-5-21(25)8-12-27(35)36)38-16-13-26-20(3)40-29(33-26)22-6-9-23(10-7-22)41-34-15-4-14-32-18-34/h4-7,9-11,14-15,17,19,28H,8,12-13,16,18,31H2,1-3H3,(H,35,36). The van der Waals surface area contributed by atoms with Crippen LogP contribution in [0.5, 0.6) is 11.5 Å². The van der Waals surface area contributed by atoms with Crippen LogP contribution in [0, 0.1) is 6.92 Å². The topological polar surface area (TPSA) is 150 Å². The van der Waals surface area contributed by atoms with Crippen LogP contribution < -0.4 is 15.3 Å². The Kier molecular flexibility index (Phi) is 9.75. The highest BCUT2D eigenvalue weighted by Crippen LogP contribution is 2.27. The second-order valence-electron chi connectivity index (χ2n) is 9.69. The SMILES string of the molecule is Cc1oc(-c2ccc(ON3C=CC=NC3)cc2)nc1CCOc1ccc(CCC(=O)O)c(C(N)C(=O)OC(C)C)c1. The number of esters is 1. The van der Waals surface area contributed by atoms with Crippen molar-refractivity contribution in [3.05, 3.63) is 77.3 Å². The lowest BCUT2D eigenvalue weighted by molar-refractivity contribution is -0.149. The van der Waals surface area contributed by atoms with Gasteiger partial charge in [-0.15, -0.1) is 0 Å². The molecule has 0 bridgehead atoms. The van der Waals surface area contributed by atoms with E-state index in [4.69, 9.17) is 29.6 Å². The van der Waals surface area contributed by atoms with Crippen molar-refractivity contribution in [3.8, 4) is 23.0 Å². The van der Waals surface area contributed by atoms with Crippen molar-refractivity contribution in [2.45, 2.75) is 52.2 Å². The number of aliphatic imine (C=N–C) groups is 1. The molecule has 216 valence electrons. The van der Waals surface area contributed by atoms with Gasteiger partial charge in [0, 0.05) is 30.8 Å². The van der Waals surface area contributed by atoms with Gasteiger partial charge in [-0.25, -0.2) is 9.78 Å². The third-order valence-corrected chi connectivity index (χ3v) is 6.16. The minimum atomic E-state index is -1.06. The Morgan fingerprint density at radius 3 is 2.56 bits per heavy atom. The van der Waals surface area contributed by atoms with Crippen LogP contribution in [0.4, 0.5) is 0 Å². The average molecular weight is 563 g/mol. The maximum atomic E-state index is 12.5. The van der Waals surface area contributed by atoms with Gasteiger partial charge in [-0.2, -0.15) is 5.06 Å². The number of nitrogens with two attached hydrogens (primary N) is 1. The van der Waals surface area contributed by atoms with Crippen molar-refractivity contribution in [2.24, 2.45) is 10.7 Å². The second kappa shape index (κ2) is 13.6. The fraction of sp³-hybridized carbons (Fsp3) is 0.333. The third-order valence-electron chi connectivity index (χ3n) is 6.16. The minimum absolute atomic E-state index is 0.0897. The Labute approximate surface area is 238 Å². The number of carboxylic acids is 1. The van der Waals surface area contributed by atoms with Crippen LogP contribution in [-0.4, -0.2) is 52.7 Å². The zero-order chi connectivity index (χ0) is 29.4. The van der Waals surface area contributed by atoms with E-state index in [0.29, 0.717) is 54.0 Å². The third kappa shape index (κ3) is 8.18. The summed E-state index contributed by atoms with van der Waals surface area (Å²) in [6.45, 7) is 6.05. The number of carbonyl (C=O) groups excluding carboxylic acids is 1. The number of benzene rings is 2. The van der Waals surface area contributed by atoms with E-state index in [9.17, 15) is 9.59 Å². The molecule has 3 N–H and O–H groups in total. The van der Waals surface area contributed by atoms with Crippen molar-refractivity contribution in [3.63, 3.8) is 0 Å². The predicted octanol–water partition coefficient (Wildman–Crippen LogP) is 4.39. The molecule has 11 nitrogen and oxygen atoms in total. The smallest absolute Gasteiger partial charge is 0.327 e. The second-order valence-corrected chi connectivity index (χ2v) is 9.69. The molecule has 0 saturated carbocycles. The summed E-state index contributed by atoms with van der Waals surface area (Å²) in [5.74, 6) is 0.813.